The molecular weight excluding hydrogens is 242 g/mol. The Balaban J connectivity index is 2.70. The standard InChI is InChI=1S/C7H6BrNS2/c1-2-5-9-4-3-10-7(8)6(4)11-5/h3H,2H2,1H3. The topological polar surface area (TPSA) is 12.9 Å². The molecule has 58 valence electrons. The van der Waals surface area contributed by atoms with Gasteiger partial charge in [0.2, 0.25) is 0 Å². The smallest absolute Gasteiger partial charge is 0.0936 e. The van der Waals surface area contributed by atoms with Gasteiger partial charge in [-0.1, -0.05) is 6.92 Å². The number of hydrogen-bond donors (Lipinski definition) is 0. The van der Waals surface area contributed by atoms with E-state index in [1.165, 1.54) is 13.5 Å². The van der Waals surface area contributed by atoms with Crippen molar-refractivity contribution in [3.8, 4) is 0 Å². The van der Waals surface area contributed by atoms with E-state index in [9.17, 15) is 0 Å². The molecule has 0 N–H and O–H groups in total. The van der Waals surface area contributed by atoms with Gasteiger partial charge in [-0.15, -0.1) is 22.7 Å². The first-order valence-corrected chi connectivity index (χ1v) is 5.82. The molecule has 0 radical (unpaired) electrons. The summed E-state index contributed by atoms with van der Waals surface area (Å²) >= 11 is 6.99. The van der Waals surface area contributed by atoms with Crippen molar-refractivity contribution in [2.24, 2.45) is 0 Å². The molecule has 2 aromatic heterocycles. The van der Waals surface area contributed by atoms with Gasteiger partial charge in [-0.05, 0) is 22.4 Å². The second-order valence-corrected chi connectivity index (χ2v) is 5.47. The molecule has 0 aliphatic heterocycles. The lowest BCUT2D eigenvalue weighted by atomic mass is 10.5. The van der Waals surface area contributed by atoms with E-state index in [1.807, 2.05) is 0 Å². The molecule has 0 aliphatic rings. The van der Waals surface area contributed by atoms with Crippen LogP contribution in [0.25, 0.3) is 10.2 Å². The van der Waals surface area contributed by atoms with Crippen LogP contribution in [0.3, 0.4) is 0 Å². The molecular formula is C7H6BrNS2. The first kappa shape index (κ1) is 7.71. The minimum Gasteiger partial charge on any atom is -0.240 e. The van der Waals surface area contributed by atoms with Gasteiger partial charge in [-0.25, -0.2) is 4.98 Å². The van der Waals surface area contributed by atoms with E-state index in [0.29, 0.717) is 0 Å². The van der Waals surface area contributed by atoms with Crippen molar-refractivity contribution in [3.05, 3.63) is 14.2 Å². The molecule has 0 aliphatic carbocycles. The van der Waals surface area contributed by atoms with E-state index < -0.39 is 0 Å². The van der Waals surface area contributed by atoms with Gasteiger partial charge in [0.1, 0.15) is 0 Å². The molecule has 0 fully saturated rings. The molecule has 0 spiro atoms. The number of aromatic nitrogens is 1. The third-order valence-electron chi connectivity index (χ3n) is 1.45. The number of fused-ring (bicyclic) bond motifs is 1. The number of aryl methyl sites for hydroxylation is 1. The van der Waals surface area contributed by atoms with Gasteiger partial charge in [0.15, 0.2) is 0 Å². The van der Waals surface area contributed by atoms with Crippen LogP contribution in [0.5, 0.6) is 0 Å². The van der Waals surface area contributed by atoms with Crippen LogP contribution in [0, 0.1) is 0 Å². The maximum atomic E-state index is 4.45. The van der Waals surface area contributed by atoms with Crippen LogP contribution in [0.15, 0.2) is 9.17 Å². The van der Waals surface area contributed by atoms with E-state index >= 15 is 0 Å². The average molecular weight is 248 g/mol. The van der Waals surface area contributed by atoms with Crippen LogP contribution in [-0.2, 0) is 6.42 Å². The fourth-order valence-corrected chi connectivity index (χ4v) is 3.39. The quantitative estimate of drug-likeness (QED) is 0.750. The van der Waals surface area contributed by atoms with Crippen LogP contribution in [-0.4, -0.2) is 4.98 Å². The zero-order chi connectivity index (χ0) is 7.84. The predicted octanol–water partition coefficient (Wildman–Crippen LogP) is 3.68. The summed E-state index contributed by atoms with van der Waals surface area (Å²) < 4.78 is 2.51. The third kappa shape index (κ3) is 1.23. The molecule has 0 atom stereocenters. The molecule has 2 aromatic rings. The number of rotatable bonds is 1. The van der Waals surface area contributed by atoms with Gasteiger partial charge in [0.05, 0.1) is 19.0 Å². The summed E-state index contributed by atoms with van der Waals surface area (Å²) in [6.45, 7) is 2.13. The number of halogens is 1. The second-order valence-electron chi connectivity index (χ2n) is 2.18. The Morgan fingerprint density at radius 1 is 1.64 bits per heavy atom. The van der Waals surface area contributed by atoms with E-state index in [0.717, 1.165) is 11.9 Å². The monoisotopic (exact) mass is 247 g/mol. The van der Waals surface area contributed by atoms with Gasteiger partial charge >= 0.3 is 0 Å². The highest BCUT2D eigenvalue weighted by Gasteiger charge is 2.06. The normalized spacial score (nSPS) is 11.1. The highest BCUT2D eigenvalue weighted by atomic mass is 79.9. The molecule has 0 saturated carbocycles. The maximum Gasteiger partial charge on any atom is 0.0936 e. The highest BCUT2D eigenvalue weighted by Crippen LogP contribution is 2.34. The summed E-state index contributed by atoms with van der Waals surface area (Å²) in [7, 11) is 0. The van der Waals surface area contributed by atoms with Gasteiger partial charge < -0.3 is 0 Å². The van der Waals surface area contributed by atoms with Crippen molar-refractivity contribution >= 4 is 48.8 Å². The Bertz CT molecular complexity index is 377. The molecule has 2 rings (SSSR count). The van der Waals surface area contributed by atoms with E-state index in [4.69, 9.17) is 0 Å². The second kappa shape index (κ2) is 2.84. The lowest BCUT2D eigenvalue weighted by Gasteiger charge is -1.80. The number of hydrogen-bond acceptors (Lipinski definition) is 3. The summed E-state index contributed by atoms with van der Waals surface area (Å²) in [5.74, 6) is 0. The van der Waals surface area contributed by atoms with Crippen LogP contribution >= 0.6 is 38.6 Å². The molecule has 0 aromatic carbocycles. The Hall–Kier alpha value is 0.0700. The predicted molar refractivity (Wildman–Crippen MR) is 54.6 cm³/mol. The average Bonchev–Trinajstić information content (AvgIpc) is 2.53. The van der Waals surface area contributed by atoms with Crippen molar-refractivity contribution in [1.29, 1.82) is 0 Å². The van der Waals surface area contributed by atoms with Gasteiger partial charge in [0.25, 0.3) is 0 Å². The van der Waals surface area contributed by atoms with Crippen LogP contribution in [0.2, 0.25) is 0 Å². The third-order valence-corrected chi connectivity index (χ3v) is 4.79. The lowest BCUT2D eigenvalue weighted by Crippen LogP contribution is -1.72. The SMILES string of the molecule is CCc1nc2csc(Br)c2s1. The molecule has 0 saturated heterocycles. The largest absolute Gasteiger partial charge is 0.240 e. The Kier molecular flexibility index (Phi) is 1.99. The summed E-state index contributed by atoms with van der Waals surface area (Å²) in [5, 5.41) is 3.32. The van der Waals surface area contributed by atoms with Gasteiger partial charge in [-0.2, -0.15) is 0 Å². The van der Waals surface area contributed by atoms with Crippen molar-refractivity contribution in [2.45, 2.75) is 13.3 Å². The first-order valence-electron chi connectivity index (χ1n) is 3.33. The van der Waals surface area contributed by atoms with Crippen molar-refractivity contribution < 1.29 is 0 Å². The fourth-order valence-electron chi connectivity index (χ4n) is 0.911. The Morgan fingerprint density at radius 3 is 3.09 bits per heavy atom. The summed E-state index contributed by atoms with van der Waals surface area (Å²) in [5.41, 5.74) is 1.14. The van der Waals surface area contributed by atoms with E-state index in [2.05, 4.69) is 33.2 Å². The zero-order valence-corrected chi connectivity index (χ0v) is 9.15. The summed E-state index contributed by atoms with van der Waals surface area (Å²) in [6.07, 6.45) is 1.04. The molecule has 11 heavy (non-hydrogen) atoms. The summed E-state index contributed by atoms with van der Waals surface area (Å²) in [6, 6.07) is 0. The molecule has 0 amide bonds. The minimum absolute atomic E-state index is 1.04. The van der Waals surface area contributed by atoms with Crippen molar-refractivity contribution in [3.63, 3.8) is 0 Å². The molecule has 0 bridgehead atoms. The first-order chi connectivity index (χ1) is 5.31. The highest BCUT2D eigenvalue weighted by molar-refractivity contribution is 9.11. The van der Waals surface area contributed by atoms with E-state index in [-0.39, 0.29) is 0 Å². The number of thiazole rings is 1. The van der Waals surface area contributed by atoms with Crippen LogP contribution < -0.4 is 0 Å². The zero-order valence-electron chi connectivity index (χ0n) is 5.93. The summed E-state index contributed by atoms with van der Waals surface area (Å²) in [4.78, 5) is 4.45. The maximum absolute atomic E-state index is 4.45. The van der Waals surface area contributed by atoms with Gasteiger partial charge in [-0.3, -0.25) is 0 Å². The van der Waals surface area contributed by atoms with Crippen LogP contribution in [0.4, 0.5) is 0 Å². The molecule has 4 heteroatoms. The number of thiophene rings is 1. The Labute approximate surface area is 81.2 Å². The van der Waals surface area contributed by atoms with Crippen molar-refractivity contribution in [1.82, 2.24) is 4.98 Å². The van der Waals surface area contributed by atoms with E-state index in [1.54, 1.807) is 22.7 Å². The molecule has 2 heterocycles. The number of nitrogens with zero attached hydrogens (tertiary/aromatic N) is 1. The lowest BCUT2D eigenvalue weighted by molar-refractivity contribution is 1.11. The fraction of sp³-hybridized carbons (Fsp3) is 0.286. The van der Waals surface area contributed by atoms with Crippen LogP contribution in [0.1, 0.15) is 11.9 Å². The molecule has 0 unspecified atom stereocenters. The van der Waals surface area contributed by atoms with Gasteiger partial charge in [0, 0.05) is 5.38 Å². The molecule has 1 nitrogen and oxygen atoms in total. The van der Waals surface area contributed by atoms with Crippen molar-refractivity contribution in [2.75, 3.05) is 0 Å². The Morgan fingerprint density at radius 2 is 2.45 bits per heavy atom. The minimum atomic E-state index is 1.04.